The highest BCUT2D eigenvalue weighted by Gasteiger charge is 2.14. The third kappa shape index (κ3) is 2.84. The molecule has 0 radical (unpaired) electrons. The van der Waals surface area contributed by atoms with Crippen LogP contribution < -0.4 is 17.0 Å². The molecule has 2 heterocycles. The number of pyridine rings is 2. The van der Waals surface area contributed by atoms with Gasteiger partial charge in [-0.1, -0.05) is 24.3 Å². The van der Waals surface area contributed by atoms with Crippen LogP contribution in [-0.2, 0) is 6.42 Å². The zero-order chi connectivity index (χ0) is 14.7. The Bertz CT molecular complexity index is 756. The summed E-state index contributed by atoms with van der Waals surface area (Å²) >= 11 is 0. The van der Waals surface area contributed by atoms with Crippen molar-refractivity contribution in [1.82, 2.24) is 15.4 Å². The molecule has 3 aromatic rings. The zero-order valence-electron chi connectivity index (χ0n) is 11.5. The maximum absolute atomic E-state index is 5.96. The summed E-state index contributed by atoms with van der Waals surface area (Å²) in [5.74, 6) is 5.70. The summed E-state index contributed by atoms with van der Waals surface area (Å²) in [5.41, 5.74) is 12.3. The Kier molecular flexibility index (Phi) is 3.77. The lowest BCUT2D eigenvalue weighted by molar-refractivity contribution is 0.540. The predicted molar refractivity (Wildman–Crippen MR) is 84.2 cm³/mol. The second-order valence-electron chi connectivity index (χ2n) is 4.93. The number of rotatable bonds is 4. The van der Waals surface area contributed by atoms with E-state index in [0.29, 0.717) is 12.1 Å². The fourth-order valence-corrected chi connectivity index (χ4v) is 2.35. The standard InChI is InChI=1S/C16H17N5/c17-13-7-8-19-10-12(13)9-16(21-18)15-6-5-11-3-1-2-4-14(11)20-15/h1-8,10,16,21H,9,18H2,(H2,17,19). The van der Waals surface area contributed by atoms with Crippen molar-refractivity contribution in [2.45, 2.75) is 12.5 Å². The lowest BCUT2D eigenvalue weighted by Gasteiger charge is -2.16. The number of aromatic nitrogens is 2. The van der Waals surface area contributed by atoms with Gasteiger partial charge in [-0.3, -0.25) is 21.2 Å². The minimum atomic E-state index is -0.110. The average molecular weight is 279 g/mol. The molecule has 0 fully saturated rings. The van der Waals surface area contributed by atoms with E-state index in [-0.39, 0.29) is 6.04 Å². The Labute approximate surface area is 123 Å². The highest BCUT2D eigenvalue weighted by atomic mass is 15.2. The number of hydrogen-bond acceptors (Lipinski definition) is 5. The number of anilines is 1. The second kappa shape index (κ2) is 5.87. The summed E-state index contributed by atoms with van der Waals surface area (Å²) in [4.78, 5) is 8.78. The van der Waals surface area contributed by atoms with Gasteiger partial charge in [0.25, 0.3) is 0 Å². The number of benzene rings is 1. The molecule has 3 rings (SSSR count). The molecule has 0 spiro atoms. The van der Waals surface area contributed by atoms with E-state index in [1.54, 1.807) is 18.5 Å². The summed E-state index contributed by atoms with van der Waals surface area (Å²) in [5, 5.41) is 1.11. The van der Waals surface area contributed by atoms with E-state index in [1.165, 1.54) is 0 Å². The number of hydrogen-bond donors (Lipinski definition) is 3. The van der Waals surface area contributed by atoms with Gasteiger partial charge in [0.05, 0.1) is 17.3 Å². The summed E-state index contributed by atoms with van der Waals surface area (Å²) in [7, 11) is 0. The SMILES string of the molecule is NNC(Cc1cnccc1N)c1ccc2ccccc2n1. The first-order chi connectivity index (χ1) is 10.3. The van der Waals surface area contributed by atoms with Gasteiger partial charge >= 0.3 is 0 Å². The Balaban J connectivity index is 1.93. The van der Waals surface area contributed by atoms with Crippen LogP contribution in [0.2, 0.25) is 0 Å². The van der Waals surface area contributed by atoms with Crippen molar-refractivity contribution in [3.63, 3.8) is 0 Å². The van der Waals surface area contributed by atoms with Gasteiger partial charge in [-0.05, 0) is 30.2 Å². The molecule has 0 amide bonds. The predicted octanol–water partition coefficient (Wildman–Crippen LogP) is 1.96. The van der Waals surface area contributed by atoms with Crippen molar-refractivity contribution < 1.29 is 0 Å². The minimum Gasteiger partial charge on any atom is -0.398 e. The van der Waals surface area contributed by atoms with E-state index in [2.05, 4.69) is 21.5 Å². The molecule has 21 heavy (non-hydrogen) atoms. The van der Waals surface area contributed by atoms with Crippen molar-refractivity contribution in [2.75, 3.05) is 5.73 Å². The average Bonchev–Trinajstić information content (AvgIpc) is 2.54. The monoisotopic (exact) mass is 279 g/mol. The molecule has 0 saturated heterocycles. The van der Waals surface area contributed by atoms with Crippen LogP contribution in [0.3, 0.4) is 0 Å². The minimum absolute atomic E-state index is 0.110. The smallest absolute Gasteiger partial charge is 0.0706 e. The van der Waals surface area contributed by atoms with Crippen LogP contribution in [0.25, 0.3) is 10.9 Å². The van der Waals surface area contributed by atoms with Gasteiger partial charge in [0.1, 0.15) is 0 Å². The quantitative estimate of drug-likeness (QED) is 0.502. The van der Waals surface area contributed by atoms with Crippen molar-refractivity contribution in [3.8, 4) is 0 Å². The van der Waals surface area contributed by atoms with Gasteiger partial charge < -0.3 is 5.73 Å². The number of nitrogens with zero attached hydrogens (tertiary/aromatic N) is 2. The van der Waals surface area contributed by atoms with Crippen molar-refractivity contribution >= 4 is 16.6 Å². The van der Waals surface area contributed by atoms with Crippen LogP contribution in [0.5, 0.6) is 0 Å². The molecule has 0 aliphatic carbocycles. The summed E-state index contributed by atoms with van der Waals surface area (Å²) in [6.45, 7) is 0. The maximum Gasteiger partial charge on any atom is 0.0706 e. The summed E-state index contributed by atoms with van der Waals surface area (Å²) in [6.07, 6.45) is 4.08. The molecule has 5 N–H and O–H groups in total. The Hall–Kier alpha value is -2.50. The third-order valence-corrected chi connectivity index (χ3v) is 3.54. The van der Waals surface area contributed by atoms with Gasteiger partial charge in [0.2, 0.25) is 0 Å². The molecule has 5 nitrogen and oxygen atoms in total. The third-order valence-electron chi connectivity index (χ3n) is 3.54. The first-order valence-electron chi connectivity index (χ1n) is 6.78. The Morgan fingerprint density at radius 2 is 1.95 bits per heavy atom. The number of nitrogens with two attached hydrogens (primary N) is 2. The first kappa shape index (κ1) is 13.5. The molecular weight excluding hydrogens is 262 g/mol. The number of nitrogens with one attached hydrogen (secondary N) is 1. The fourth-order valence-electron chi connectivity index (χ4n) is 2.35. The lowest BCUT2D eigenvalue weighted by atomic mass is 10.0. The number of nitrogen functional groups attached to an aromatic ring is 1. The maximum atomic E-state index is 5.96. The van der Waals surface area contributed by atoms with E-state index >= 15 is 0 Å². The van der Waals surface area contributed by atoms with E-state index in [9.17, 15) is 0 Å². The van der Waals surface area contributed by atoms with Crippen LogP contribution in [-0.4, -0.2) is 9.97 Å². The molecule has 106 valence electrons. The first-order valence-corrected chi connectivity index (χ1v) is 6.78. The largest absolute Gasteiger partial charge is 0.398 e. The van der Waals surface area contributed by atoms with Crippen LogP contribution in [0.4, 0.5) is 5.69 Å². The molecule has 0 saturated carbocycles. The molecular formula is C16H17N5. The van der Waals surface area contributed by atoms with Crippen molar-refractivity contribution in [3.05, 3.63) is 66.1 Å². The second-order valence-corrected chi connectivity index (χ2v) is 4.93. The molecule has 0 bridgehead atoms. The number of hydrazine groups is 1. The van der Waals surface area contributed by atoms with Crippen LogP contribution in [0.15, 0.2) is 54.9 Å². The molecule has 0 aliphatic rings. The van der Waals surface area contributed by atoms with E-state index in [1.807, 2.05) is 30.3 Å². The molecule has 1 atom stereocenters. The van der Waals surface area contributed by atoms with Gasteiger partial charge in [-0.2, -0.15) is 0 Å². The number of fused-ring (bicyclic) bond motifs is 1. The van der Waals surface area contributed by atoms with Crippen LogP contribution in [0, 0.1) is 0 Å². The van der Waals surface area contributed by atoms with Crippen LogP contribution >= 0.6 is 0 Å². The molecule has 5 heteroatoms. The molecule has 1 aromatic carbocycles. The fraction of sp³-hybridized carbons (Fsp3) is 0.125. The van der Waals surface area contributed by atoms with E-state index in [4.69, 9.17) is 11.6 Å². The van der Waals surface area contributed by atoms with Gasteiger partial charge in [0.15, 0.2) is 0 Å². The molecule has 0 aliphatic heterocycles. The molecule has 2 aromatic heterocycles. The highest BCUT2D eigenvalue weighted by molar-refractivity contribution is 5.78. The summed E-state index contributed by atoms with van der Waals surface area (Å²) < 4.78 is 0. The highest BCUT2D eigenvalue weighted by Crippen LogP contribution is 2.21. The molecule has 1 unspecified atom stereocenters. The van der Waals surface area contributed by atoms with E-state index in [0.717, 1.165) is 22.2 Å². The zero-order valence-corrected chi connectivity index (χ0v) is 11.5. The Morgan fingerprint density at radius 1 is 1.10 bits per heavy atom. The normalized spacial score (nSPS) is 12.4. The summed E-state index contributed by atoms with van der Waals surface area (Å²) in [6, 6.07) is 13.7. The van der Waals surface area contributed by atoms with Gasteiger partial charge in [0, 0.05) is 23.5 Å². The Morgan fingerprint density at radius 3 is 2.76 bits per heavy atom. The lowest BCUT2D eigenvalue weighted by Crippen LogP contribution is -2.30. The topological polar surface area (TPSA) is 89.8 Å². The van der Waals surface area contributed by atoms with Crippen molar-refractivity contribution in [1.29, 1.82) is 0 Å². The van der Waals surface area contributed by atoms with Gasteiger partial charge in [-0.25, -0.2) is 0 Å². The van der Waals surface area contributed by atoms with Crippen molar-refractivity contribution in [2.24, 2.45) is 5.84 Å². The number of para-hydroxylation sites is 1. The van der Waals surface area contributed by atoms with Crippen LogP contribution in [0.1, 0.15) is 17.3 Å². The van der Waals surface area contributed by atoms with Gasteiger partial charge in [-0.15, -0.1) is 0 Å². The van der Waals surface area contributed by atoms with E-state index < -0.39 is 0 Å².